The summed E-state index contributed by atoms with van der Waals surface area (Å²) in [5.74, 6) is -0.366. The quantitative estimate of drug-likeness (QED) is 0.811. The lowest BCUT2D eigenvalue weighted by Gasteiger charge is -2.33. The third-order valence-corrected chi connectivity index (χ3v) is 3.90. The Morgan fingerprint density at radius 2 is 2.19 bits per heavy atom. The van der Waals surface area contributed by atoms with Crippen LogP contribution < -0.4 is 5.32 Å². The molecular weight excluding hydrogens is 403 g/mol. The van der Waals surface area contributed by atoms with E-state index in [1.165, 1.54) is 22.8 Å². The maximum atomic E-state index is 14.5. The molecule has 1 aromatic carbocycles. The van der Waals surface area contributed by atoms with E-state index in [4.69, 9.17) is 4.74 Å². The van der Waals surface area contributed by atoms with Crippen molar-refractivity contribution in [3.05, 3.63) is 52.3 Å². The third-order valence-electron chi connectivity index (χ3n) is 3.52. The van der Waals surface area contributed by atoms with Crippen molar-refractivity contribution in [3.8, 4) is 6.07 Å². The zero-order valence-corrected chi connectivity index (χ0v) is 16.5. The molecule has 1 heterocycles. The van der Waals surface area contributed by atoms with Crippen molar-refractivity contribution in [2.24, 2.45) is 0 Å². The van der Waals surface area contributed by atoms with Gasteiger partial charge < -0.3 is 14.6 Å². The number of carbonyl (C=O) groups is 1. The van der Waals surface area contributed by atoms with E-state index in [0.717, 1.165) is 0 Å². The Morgan fingerprint density at radius 3 is 2.77 bits per heavy atom. The summed E-state index contributed by atoms with van der Waals surface area (Å²) >= 11 is 3.22. The van der Waals surface area contributed by atoms with E-state index in [-0.39, 0.29) is 17.9 Å². The van der Waals surface area contributed by atoms with Gasteiger partial charge in [-0.05, 0) is 61.8 Å². The molecule has 0 aliphatic rings. The summed E-state index contributed by atoms with van der Waals surface area (Å²) in [5.41, 5.74) is -1.68. The average Bonchev–Trinajstić information content (AvgIpc) is 2.84. The second-order valence-corrected chi connectivity index (χ2v) is 7.80. The highest BCUT2D eigenvalue weighted by Crippen LogP contribution is 2.27. The molecular formula is C18H19BrFN4O2. The number of nitrogens with zero attached hydrogens (tertiary/aromatic N) is 3. The number of carbonyl (C=O) groups excluding carboxylic acids is 1. The first-order chi connectivity index (χ1) is 12.0. The van der Waals surface area contributed by atoms with Crippen LogP contribution in [0.15, 0.2) is 29.0 Å². The Bertz CT molecular complexity index is 854. The van der Waals surface area contributed by atoms with E-state index in [2.05, 4.69) is 32.3 Å². The Morgan fingerprint density at radius 1 is 1.50 bits per heavy atom. The van der Waals surface area contributed by atoms with Gasteiger partial charge in [0.05, 0.1) is 12.1 Å². The molecule has 1 amide bonds. The summed E-state index contributed by atoms with van der Waals surface area (Å²) < 4.78 is 21.8. The molecule has 0 aliphatic heterocycles. The number of rotatable bonds is 4. The van der Waals surface area contributed by atoms with Gasteiger partial charge in [0.1, 0.15) is 22.1 Å². The molecule has 0 spiro atoms. The van der Waals surface area contributed by atoms with Crippen molar-refractivity contribution in [3.63, 3.8) is 0 Å². The van der Waals surface area contributed by atoms with Gasteiger partial charge in [-0.15, -0.1) is 0 Å². The van der Waals surface area contributed by atoms with Crippen molar-refractivity contribution in [1.29, 1.82) is 5.26 Å². The number of imidazole rings is 1. The molecule has 0 saturated carbocycles. The number of nitrogens with one attached hydrogen (secondary N) is 1. The Balaban J connectivity index is 2.43. The highest BCUT2D eigenvalue weighted by molar-refractivity contribution is 9.10. The predicted molar refractivity (Wildman–Crippen MR) is 96.6 cm³/mol. The Kier molecular flexibility index (Phi) is 5.71. The Hall–Kier alpha value is -2.40. The van der Waals surface area contributed by atoms with Gasteiger partial charge in [-0.3, -0.25) is 0 Å². The van der Waals surface area contributed by atoms with Crippen molar-refractivity contribution in [2.45, 2.75) is 45.4 Å². The molecule has 6 nitrogen and oxygen atoms in total. The lowest BCUT2D eigenvalue weighted by molar-refractivity contribution is 0.0448. The maximum absolute atomic E-state index is 14.5. The largest absolute Gasteiger partial charge is 0.444 e. The van der Waals surface area contributed by atoms with Crippen molar-refractivity contribution in [2.75, 3.05) is 0 Å². The minimum atomic E-state index is -1.20. The number of benzene rings is 1. The highest BCUT2D eigenvalue weighted by atomic mass is 79.9. The van der Waals surface area contributed by atoms with Crippen LogP contribution >= 0.6 is 15.9 Å². The van der Waals surface area contributed by atoms with Gasteiger partial charge in [0, 0.05) is 11.8 Å². The number of nitriles is 1. The molecule has 0 fully saturated rings. The number of amides is 1. The first kappa shape index (κ1) is 19.9. The van der Waals surface area contributed by atoms with Gasteiger partial charge in [-0.25, -0.2) is 14.2 Å². The lowest BCUT2D eigenvalue weighted by Crippen LogP contribution is -2.49. The summed E-state index contributed by atoms with van der Waals surface area (Å²) in [6.07, 6.45) is 0.902. The molecule has 2 aromatic rings. The molecule has 2 rings (SSSR count). The van der Waals surface area contributed by atoms with Crippen LogP contribution in [0.3, 0.4) is 0 Å². The molecule has 1 N–H and O–H groups in total. The molecule has 1 atom stereocenters. The molecule has 1 unspecified atom stereocenters. The molecule has 1 aromatic heterocycles. The van der Waals surface area contributed by atoms with Crippen molar-refractivity contribution < 1.29 is 13.9 Å². The number of hydrogen-bond acceptors (Lipinski definition) is 4. The molecule has 137 valence electrons. The predicted octanol–water partition coefficient (Wildman–Crippen LogP) is 3.90. The number of alkyl carbamates (subject to hydrolysis) is 1. The minimum absolute atomic E-state index is 0.0719. The lowest BCUT2D eigenvalue weighted by atomic mass is 9.91. The molecule has 0 aliphatic carbocycles. The number of hydrogen-bond donors (Lipinski definition) is 1. The van der Waals surface area contributed by atoms with Crippen LogP contribution in [0.2, 0.25) is 0 Å². The summed E-state index contributed by atoms with van der Waals surface area (Å²) in [6, 6.07) is 8.96. The van der Waals surface area contributed by atoms with Gasteiger partial charge in [-0.1, -0.05) is 6.07 Å². The van der Waals surface area contributed by atoms with Crippen molar-refractivity contribution >= 4 is 22.0 Å². The number of aromatic nitrogens is 2. The zero-order chi connectivity index (χ0) is 19.5. The van der Waals surface area contributed by atoms with Crippen LogP contribution in [0.5, 0.6) is 0 Å². The van der Waals surface area contributed by atoms with E-state index in [9.17, 15) is 14.4 Å². The normalized spacial score (nSPS) is 13.6. The van der Waals surface area contributed by atoms with Gasteiger partial charge in [0.25, 0.3) is 0 Å². The van der Waals surface area contributed by atoms with Gasteiger partial charge in [0.2, 0.25) is 5.82 Å². The highest BCUT2D eigenvalue weighted by Gasteiger charge is 2.34. The maximum Gasteiger partial charge on any atom is 0.408 e. The number of halogens is 2. The zero-order valence-electron chi connectivity index (χ0n) is 14.9. The first-order valence-corrected chi connectivity index (χ1v) is 8.63. The van der Waals surface area contributed by atoms with Crippen LogP contribution in [0.4, 0.5) is 9.18 Å². The standard InChI is InChI=1S/C18H19BrFN4O2/c1-17(2,3)26-16(25)23-18(4,12-7-5-6-8-13(12)20)11-24-10-14(19)22-15(24)9-21/h6-8,10H,11H2,1-4H3,(H,23,25). The van der Waals surface area contributed by atoms with Crippen LogP contribution in [-0.4, -0.2) is 21.2 Å². The monoisotopic (exact) mass is 421 g/mol. The van der Waals surface area contributed by atoms with E-state index in [0.29, 0.717) is 4.60 Å². The summed E-state index contributed by atoms with van der Waals surface area (Å²) in [4.78, 5) is 16.4. The molecule has 0 bridgehead atoms. The molecule has 26 heavy (non-hydrogen) atoms. The van der Waals surface area contributed by atoms with Gasteiger partial charge >= 0.3 is 6.09 Å². The fourth-order valence-corrected chi connectivity index (χ4v) is 2.90. The Labute approximate surface area is 160 Å². The summed E-state index contributed by atoms with van der Waals surface area (Å²) in [7, 11) is 0. The topological polar surface area (TPSA) is 79.9 Å². The fourth-order valence-electron chi connectivity index (χ4n) is 2.49. The van der Waals surface area contributed by atoms with Crippen LogP contribution in [0.25, 0.3) is 0 Å². The smallest absolute Gasteiger partial charge is 0.408 e. The van der Waals surface area contributed by atoms with Crippen LogP contribution in [0.1, 0.15) is 39.1 Å². The SMILES string of the molecule is CC(C)(C)OC(=O)NC(C)(Cn1cc(Br)nc1C#N)c1c[c]ccc1F. The third kappa shape index (κ3) is 4.82. The average molecular weight is 422 g/mol. The first-order valence-electron chi connectivity index (χ1n) is 7.84. The van der Waals surface area contributed by atoms with E-state index in [1.807, 2.05) is 6.07 Å². The van der Waals surface area contributed by atoms with E-state index < -0.39 is 23.1 Å². The van der Waals surface area contributed by atoms with E-state index in [1.54, 1.807) is 33.9 Å². The van der Waals surface area contributed by atoms with Gasteiger partial charge in [0.15, 0.2) is 0 Å². The van der Waals surface area contributed by atoms with E-state index >= 15 is 0 Å². The molecule has 0 saturated heterocycles. The number of ether oxygens (including phenoxy) is 1. The summed E-state index contributed by atoms with van der Waals surface area (Å²) in [6.45, 7) is 6.94. The second kappa shape index (κ2) is 7.46. The second-order valence-electron chi connectivity index (χ2n) is 6.99. The van der Waals surface area contributed by atoms with Crippen LogP contribution in [0, 0.1) is 23.2 Å². The minimum Gasteiger partial charge on any atom is -0.444 e. The molecule has 8 heteroatoms. The summed E-state index contributed by atoms with van der Waals surface area (Å²) in [5, 5.41) is 12.0. The van der Waals surface area contributed by atoms with Crippen molar-refractivity contribution in [1.82, 2.24) is 14.9 Å². The van der Waals surface area contributed by atoms with Crippen LogP contribution in [-0.2, 0) is 16.8 Å². The molecule has 1 radical (unpaired) electrons. The van der Waals surface area contributed by atoms with Gasteiger partial charge in [-0.2, -0.15) is 5.26 Å². The fraction of sp³-hybridized carbons (Fsp3) is 0.389.